The number of aromatic hydroxyl groups is 1. The van der Waals surface area contributed by atoms with Gasteiger partial charge in [0.15, 0.2) is 0 Å². The number of rotatable bonds is 2. The van der Waals surface area contributed by atoms with Gasteiger partial charge in [0.1, 0.15) is 5.75 Å². The van der Waals surface area contributed by atoms with E-state index in [0.717, 1.165) is 35.1 Å². The molecule has 1 atom stereocenters. The van der Waals surface area contributed by atoms with Gasteiger partial charge < -0.3 is 10.4 Å². The second-order valence-electron chi connectivity index (χ2n) is 5.06. The molecule has 1 aromatic carbocycles. The minimum Gasteiger partial charge on any atom is -0.506 e. The number of piperidine rings is 1. The lowest BCUT2D eigenvalue weighted by Gasteiger charge is -2.24. The van der Waals surface area contributed by atoms with E-state index in [4.69, 9.17) is 0 Å². The SMILES string of the molecule is Cc1cc(CC2CCCNC2)c(C)c(O)c1Br. The summed E-state index contributed by atoms with van der Waals surface area (Å²) in [4.78, 5) is 0. The normalized spacial score (nSPS) is 20.5. The molecule has 3 heteroatoms. The van der Waals surface area contributed by atoms with Gasteiger partial charge in [0.05, 0.1) is 4.47 Å². The number of halogens is 1. The maximum atomic E-state index is 10.0. The number of aryl methyl sites for hydroxylation is 1. The van der Waals surface area contributed by atoms with E-state index in [0.29, 0.717) is 11.7 Å². The molecule has 0 aliphatic carbocycles. The van der Waals surface area contributed by atoms with Gasteiger partial charge >= 0.3 is 0 Å². The van der Waals surface area contributed by atoms with Crippen molar-refractivity contribution in [1.29, 1.82) is 0 Å². The van der Waals surface area contributed by atoms with Gasteiger partial charge in [-0.25, -0.2) is 0 Å². The molecule has 2 nitrogen and oxygen atoms in total. The minimum absolute atomic E-state index is 0.406. The summed E-state index contributed by atoms with van der Waals surface area (Å²) in [5, 5.41) is 13.5. The molecule has 0 spiro atoms. The third-order valence-electron chi connectivity index (χ3n) is 3.69. The molecule has 0 aromatic heterocycles. The number of benzene rings is 1. The number of nitrogens with one attached hydrogen (secondary N) is 1. The van der Waals surface area contributed by atoms with Crippen LogP contribution in [0.5, 0.6) is 5.75 Å². The quantitative estimate of drug-likeness (QED) is 0.878. The Morgan fingerprint density at radius 1 is 1.47 bits per heavy atom. The minimum atomic E-state index is 0.406. The average molecular weight is 298 g/mol. The number of hydrogen-bond donors (Lipinski definition) is 2. The molecule has 1 aliphatic rings. The van der Waals surface area contributed by atoms with E-state index in [9.17, 15) is 5.11 Å². The van der Waals surface area contributed by atoms with Crippen molar-refractivity contribution in [3.63, 3.8) is 0 Å². The van der Waals surface area contributed by atoms with Crippen LogP contribution in [0.15, 0.2) is 10.5 Å². The van der Waals surface area contributed by atoms with Crippen LogP contribution in [-0.4, -0.2) is 18.2 Å². The highest BCUT2D eigenvalue weighted by Gasteiger charge is 2.17. The summed E-state index contributed by atoms with van der Waals surface area (Å²) in [7, 11) is 0. The number of phenolic OH excluding ortho intramolecular Hbond substituents is 1. The van der Waals surface area contributed by atoms with Crippen LogP contribution in [0, 0.1) is 19.8 Å². The highest BCUT2D eigenvalue weighted by molar-refractivity contribution is 9.10. The van der Waals surface area contributed by atoms with E-state index in [-0.39, 0.29) is 0 Å². The first-order valence-corrected chi connectivity index (χ1v) is 7.07. The molecule has 1 aliphatic heterocycles. The summed E-state index contributed by atoms with van der Waals surface area (Å²) in [6, 6.07) is 2.20. The van der Waals surface area contributed by atoms with E-state index in [1.807, 2.05) is 13.8 Å². The molecule has 1 heterocycles. The molecule has 0 radical (unpaired) electrons. The Morgan fingerprint density at radius 3 is 2.88 bits per heavy atom. The molecule has 1 saturated heterocycles. The standard InChI is InChI=1S/C14H20BrNO/c1-9-6-12(10(2)14(17)13(9)15)7-11-4-3-5-16-8-11/h6,11,16-17H,3-5,7-8H2,1-2H3. The summed E-state index contributed by atoms with van der Waals surface area (Å²) in [6.07, 6.45) is 3.63. The third kappa shape index (κ3) is 2.83. The van der Waals surface area contributed by atoms with Crippen LogP contribution in [-0.2, 0) is 6.42 Å². The van der Waals surface area contributed by atoms with E-state index in [1.165, 1.54) is 18.4 Å². The summed E-state index contributed by atoms with van der Waals surface area (Å²) in [6.45, 7) is 6.30. The van der Waals surface area contributed by atoms with Crippen LogP contribution >= 0.6 is 15.9 Å². The Bertz CT molecular complexity index is 411. The monoisotopic (exact) mass is 297 g/mol. The van der Waals surface area contributed by atoms with Gasteiger partial charge in [-0.3, -0.25) is 0 Å². The van der Waals surface area contributed by atoms with Crippen LogP contribution in [0.1, 0.15) is 29.5 Å². The van der Waals surface area contributed by atoms with Gasteiger partial charge in [0, 0.05) is 0 Å². The molecular weight excluding hydrogens is 278 g/mol. The van der Waals surface area contributed by atoms with Crippen LogP contribution in [0.25, 0.3) is 0 Å². The van der Waals surface area contributed by atoms with Crippen molar-refractivity contribution in [3.8, 4) is 5.75 Å². The molecule has 17 heavy (non-hydrogen) atoms. The summed E-state index contributed by atoms with van der Waals surface area (Å²) in [5.74, 6) is 1.12. The predicted octanol–water partition coefficient (Wildman–Crippen LogP) is 3.31. The highest BCUT2D eigenvalue weighted by Crippen LogP contribution is 2.34. The zero-order valence-corrected chi connectivity index (χ0v) is 12.1. The Hall–Kier alpha value is -0.540. The lowest BCUT2D eigenvalue weighted by Crippen LogP contribution is -2.31. The van der Waals surface area contributed by atoms with Gasteiger partial charge in [-0.05, 0) is 84.7 Å². The van der Waals surface area contributed by atoms with Crippen LogP contribution < -0.4 is 5.32 Å². The predicted molar refractivity (Wildman–Crippen MR) is 74.6 cm³/mol. The molecular formula is C14H20BrNO. The van der Waals surface area contributed by atoms with Gasteiger partial charge in [0.25, 0.3) is 0 Å². The third-order valence-corrected chi connectivity index (χ3v) is 4.69. The van der Waals surface area contributed by atoms with Crippen molar-refractivity contribution in [1.82, 2.24) is 5.32 Å². The average Bonchev–Trinajstić information content (AvgIpc) is 2.35. The van der Waals surface area contributed by atoms with E-state index in [2.05, 4.69) is 27.3 Å². The fraction of sp³-hybridized carbons (Fsp3) is 0.571. The lowest BCUT2D eigenvalue weighted by molar-refractivity contribution is 0.374. The Kier molecular flexibility index (Phi) is 4.10. The highest BCUT2D eigenvalue weighted by atomic mass is 79.9. The van der Waals surface area contributed by atoms with Crippen LogP contribution in [0.4, 0.5) is 0 Å². The second kappa shape index (κ2) is 5.40. The molecule has 0 bridgehead atoms. The first-order valence-electron chi connectivity index (χ1n) is 6.28. The molecule has 2 N–H and O–H groups in total. The summed E-state index contributed by atoms with van der Waals surface area (Å²) >= 11 is 3.43. The van der Waals surface area contributed by atoms with Crippen molar-refractivity contribution < 1.29 is 5.11 Å². The first-order chi connectivity index (χ1) is 8.09. The fourth-order valence-electron chi connectivity index (χ4n) is 2.56. The van der Waals surface area contributed by atoms with Gasteiger partial charge in [0.2, 0.25) is 0 Å². The zero-order valence-electron chi connectivity index (χ0n) is 10.5. The molecule has 1 unspecified atom stereocenters. The van der Waals surface area contributed by atoms with Crippen molar-refractivity contribution in [2.75, 3.05) is 13.1 Å². The van der Waals surface area contributed by atoms with Crippen molar-refractivity contribution >= 4 is 15.9 Å². The zero-order chi connectivity index (χ0) is 12.4. The number of hydrogen-bond acceptors (Lipinski definition) is 2. The molecule has 0 saturated carbocycles. The smallest absolute Gasteiger partial charge is 0.133 e. The summed E-state index contributed by atoms with van der Waals surface area (Å²) < 4.78 is 0.834. The van der Waals surface area contributed by atoms with Crippen molar-refractivity contribution in [3.05, 3.63) is 27.2 Å². The Labute approximate surface area is 112 Å². The van der Waals surface area contributed by atoms with Crippen LogP contribution in [0.2, 0.25) is 0 Å². The van der Waals surface area contributed by atoms with Gasteiger partial charge in [-0.2, -0.15) is 0 Å². The Morgan fingerprint density at radius 2 is 2.24 bits per heavy atom. The second-order valence-corrected chi connectivity index (χ2v) is 5.85. The maximum absolute atomic E-state index is 10.0. The van der Waals surface area contributed by atoms with E-state index >= 15 is 0 Å². The van der Waals surface area contributed by atoms with Crippen LogP contribution in [0.3, 0.4) is 0 Å². The molecule has 1 aromatic rings. The molecule has 1 fully saturated rings. The van der Waals surface area contributed by atoms with E-state index in [1.54, 1.807) is 0 Å². The topological polar surface area (TPSA) is 32.3 Å². The Balaban J connectivity index is 2.20. The first kappa shape index (κ1) is 12.9. The maximum Gasteiger partial charge on any atom is 0.133 e. The van der Waals surface area contributed by atoms with E-state index < -0.39 is 0 Å². The lowest BCUT2D eigenvalue weighted by atomic mass is 9.89. The molecule has 94 valence electrons. The van der Waals surface area contributed by atoms with Gasteiger partial charge in [-0.1, -0.05) is 6.07 Å². The number of phenols is 1. The van der Waals surface area contributed by atoms with Crippen molar-refractivity contribution in [2.45, 2.75) is 33.1 Å². The largest absolute Gasteiger partial charge is 0.506 e. The summed E-state index contributed by atoms with van der Waals surface area (Å²) in [5.41, 5.74) is 3.43. The molecule has 2 rings (SSSR count). The molecule has 0 amide bonds. The van der Waals surface area contributed by atoms with Gasteiger partial charge in [-0.15, -0.1) is 0 Å². The van der Waals surface area contributed by atoms with Crippen molar-refractivity contribution in [2.24, 2.45) is 5.92 Å². The fourth-order valence-corrected chi connectivity index (χ4v) is 2.97.